The zero-order valence-corrected chi connectivity index (χ0v) is 26.1. The quantitative estimate of drug-likeness (QED) is 0.146. The van der Waals surface area contributed by atoms with E-state index in [1.54, 1.807) is 29.0 Å². The van der Waals surface area contributed by atoms with Crippen molar-refractivity contribution in [2.45, 2.75) is 24.7 Å². The number of hydrogen-bond donors (Lipinski definition) is 0. The monoisotopic (exact) mass is 617 g/mol. The van der Waals surface area contributed by atoms with Crippen LogP contribution in [0.3, 0.4) is 0 Å². The van der Waals surface area contributed by atoms with Gasteiger partial charge in [-0.15, -0.1) is 5.06 Å². The number of thioether (sulfide) groups is 1. The normalized spacial score (nSPS) is 15.1. The van der Waals surface area contributed by atoms with Crippen molar-refractivity contribution in [1.29, 1.82) is 0 Å². The summed E-state index contributed by atoms with van der Waals surface area (Å²) in [6.07, 6.45) is 2.86. The molecule has 45 heavy (non-hydrogen) atoms. The molecule has 2 aliphatic rings. The topological polar surface area (TPSA) is 71.0 Å². The molecule has 0 atom stereocenters. The van der Waals surface area contributed by atoms with E-state index in [1.165, 1.54) is 10.9 Å². The van der Waals surface area contributed by atoms with Crippen LogP contribution in [0.5, 0.6) is 5.75 Å². The van der Waals surface area contributed by atoms with E-state index in [1.807, 2.05) is 42.7 Å². The minimum atomic E-state index is -0.324. The van der Waals surface area contributed by atoms with Crippen molar-refractivity contribution in [2.75, 3.05) is 48.8 Å². The van der Waals surface area contributed by atoms with Crippen LogP contribution in [-0.4, -0.2) is 60.0 Å². The molecule has 2 aliphatic heterocycles. The molecule has 4 aromatic carbocycles. The summed E-state index contributed by atoms with van der Waals surface area (Å²) in [7, 11) is 0. The van der Waals surface area contributed by atoms with Gasteiger partial charge < -0.3 is 19.4 Å². The van der Waals surface area contributed by atoms with E-state index in [2.05, 4.69) is 58.3 Å². The number of nitrogens with zero attached hydrogens (tertiary/aromatic N) is 5. The van der Waals surface area contributed by atoms with E-state index in [-0.39, 0.29) is 5.97 Å². The van der Waals surface area contributed by atoms with Crippen LogP contribution in [0.15, 0.2) is 102 Å². The maximum Gasteiger partial charge on any atom is 0.357 e. The number of fused-ring (bicyclic) bond motifs is 2. The number of carbonyl (C=O) groups excluding carboxylic acids is 1. The number of benzene rings is 4. The molecule has 1 fully saturated rings. The number of piperazine rings is 1. The molecule has 3 heterocycles. The van der Waals surface area contributed by atoms with Gasteiger partial charge in [-0.25, -0.2) is 14.8 Å². The molecule has 0 radical (unpaired) electrons. The lowest BCUT2D eigenvalue weighted by molar-refractivity contribution is -0.112. The molecule has 228 valence electrons. The largest absolute Gasteiger partial charge is 0.489 e. The smallest absolute Gasteiger partial charge is 0.357 e. The molecule has 1 aromatic heterocycles. The van der Waals surface area contributed by atoms with Gasteiger partial charge in [0.2, 0.25) is 0 Å². The zero-order valence-electron chi connectivity index (χ0n) is 25.3. The molecule has 0 saturated carbocycles. The maximum absolute atomic E-state index is 12.6. The molecule has 9 heteroatoms. The summed E-state index contributed by atoms with van der Waals surface area (Å²) < 4.78 is 6.30. The molecule has 7 rings (SSSR count). The fourth-order valence-electron chi connectivity index (χ4n) is 6.03. The average molecular weight is 618 g/mol. The van der Waals surface area contributed by atoms with Crippen molar-refractivity contribution < 1.29 is 14.4 Å². The Morgan fingerprint density at radius 1 is 0.822 bits per heavy atom. The van der Waals surface area contributed by atoms with Gasteiger partial charge in [-0.05, 0) is 41.8 Å². The SMILES string of the molecule is CSc1nc2c(c(N3CCN(OC(=O)c4ccccc4)CC3)n1)CCN(c1cc(OCc3ccccc3)cc3ccccc13)C2. The van der Waals surface area contributed by atoms with Crippen LogP contribution >= 0.6 is 11.8 Å². The number of anilines is 2. The lowest BCUT2D eigenvalue weighted by atomic mass is 10.0. The van der Waals surface area contributed by atoms with E-state index in [0.29, 0.717) is 44.9 Å². The second kappa shape index (κ2) is 13.2. The van der Waals surface area contributed by atoms with Gasteiger partial charge >= 0.3 is 5.97 Å². The highest BCUT2D eigenvalue weighted by atomic mass is 32.2. The zero-order chi connectivity index (χ0) is 30.6. The summed E-state index contributed by atoms with van der Waals surface area (Å²) in [5.74, 6) is 1.54. The first-order valence-electron chi connectivity index (χ1n) is 15.3. The second-order valence-electron chi connectivity index (χ2n) is 11.2. The van der Waals surface area contributed by atoms with Gasteiger partial charge in [0.25, 0.3) is 0 Å². The molecule has 1 saturated heterocycles. The molecule has 8 nitrogen and oxygen atoms in total. The predicted molar refractivity (Wildman–Crippen MR) is 179 cm³/mol. The summed E-state index contributed by atoms with van der Waals surface area (Å²) in [6, 6.07) is 32.2. The van der Waals surface area contributed by atoms with Gasteiger partial charge in [0.15, 0.2) is 5.16 Å². The first-order valence-corrected chi connectivity index (χ1v) is 16.5. The number of hydrogen-bond acceptors (Lipinski definition) is 9. The predicted octanol–water partition coefficient (Wildman–Crippen LogP) is 6.39. The van der Waals surface area contributed by atoms with E-state index in [9.17, 15) is 4.79 Å². The standard InChI is InChI=1S/C36H35N5O3S/c1-45-36-37-32-24-40(33-23-29(22-28-14-8-9-15-30(28)33)43-25-26-10-4-2-5-11-26)17-16-31(32)34(38-36)39-18-20-41(21-19-39)44-35(42)27-12-6-3-7-13-27/h2-15,22-23H,16-21,24-25H2,1H3. The fraction of sp³-hybridized carbons (Fsp3) is 0.250. The van der Waals surface area contributed by atoms with E-state index < -0.39 is 0 Å². The Hall–Kier alpha value is -4.60. The van der Waals surface area contributed by atoms with Gasteiger partial charge in [0, 0.05) is 42.3 Å². The van der Waals surface area contributed by atoms with Crippen molar-refractivity contribution in [3.05, 3.63) is 119 Å². The van der Waals surface area contributed by atoms with Crippen molar-refractivity contribution in [1.82, 2.24) is 15.0 Å². The highest BCUT2D eigenvalue weighted by molar-refractivity contribution is 7.98. The molecule has 0 N–H and O–H groups in total. The van der Waals surface area contributed by atoms with Crippen LogP contribution < -0.4 is 14.5 Å². The minimum absolute atomic E-state index is 0.324. The molecule has 0 bridgehead atoms. The molecule has 0 unspecified atom stereocenters. The first kappa shape index (κ1) is 29.1. The summed E-state index contributed by atoms with van der Waals surface area (Å²) in [5.41, 5.74) is 5.12. The van der Waals surface area contributed by atoms with Crippen molar-refractivity contribution in [3.8, 4) is 5.75 Å². The Bertz CT molecular complexity index is 1800. The van der Waals surface area contributed by atoms with Crippen LogP contribution in [0.2, 0.25) is 0 Å². The third-order valence-corrected chi connectivity index (χ3v) is 8.92. The summed E-state index contributed by atoms with van der Waals surface area (Å²) in [6.45, 7) is 4.72. The van der Waals surface area contributed by atoms with Gasteiger partial charge in [-0.1, -0.05) is 84.6 Å². The number of hydroxylamine groups is 2. The molecule has 0 spiro atoms. The lowest BCUT2D eigenvalue weighted by Crippen LogP contribution is -2.48. The summed E-state index contributed by atoms with van der Waals surface area (Å²) in [4.78, 5) is 33.0. The number of ether oxygens (including phenoxy) is 1. The summed E-state index contributed by atoms with van der Waals surface area (Å²) >= 11 is 1.57. The van der Waals surface area contributed by atoms with Crippen LogP contribution in [0.1, 0.15) is 27.2 Å². The number of aromatic nitrogens is 2. The minimum Gasteiger partial charge on any atom is -0.489 e. The Kier molecular flexibility index (Phi) is 8.53. The highest BCUT2D eigenvalue weighted by Crippen LogP contribution is 2.37. The Labute approximate surface area is 267 Å². The van der Waals surface area contributed by atoms with E-state index in [4.69, 9.17) is 19.5 Å². The van der Waals surface area contributed by atoms with Crippen molar-refractivity contribution in [2.24, 2.45) is 0 Å². The second-order valence-corrected chi connectivity index (χ2v) is 12.0. The highest BCUT2D eigenvalue weighted by Gasteiger charge is 2.29. The van der Waals surface area contributed by atoms with Crippen molar-refractivity contribution >= 4 is 40.0 Å². The van der Waals surface area contributed by atoms with Gasteiger partial charge in [-0.3, -0.25) is 0 Å². The molecule has 0 aliphatic carbocycles. The average Bonchev–Trinajstić information content (AvgIpc) is 3.10. The molecule has 0 amide bonds. The molecular weight excluding hydrogens is 582 g/mol. The third kappa shape index (κ3) is 6.45. The Morgan fingerprint density at radius 2 is 1.56 bits per heavy atom. The van der Waals surface area contributed by atoms with Crippen molar-refractivity contribution in [3.63, 3.8) is 0 Å². The first-order chi connectivity index (χ1) is 22.1. The molecular formula is C36H35N5O3S. The maximum atomic E-state index is 12.6. The fourth-order valence-corrected chi connectivity index (χ4v) is 6.41. The van der Waals surface area contributed by atoms with E-state index in [0.717, 1.165) is 52.0 Å². The molecule has 5 aromatic rings. The van der Waals surface area contributed by atoms with Gasteiger partial charge in [0.1, 0.15) is 18.2 Å². The Balaban J connectivity index is 1.10. The van der Waals surface area contributed by atoms with Crippen LogP contribution in [-0.2, 0) is 24.4 Å². The van der Waals surface area contributed by atoms with Gasteiger partial charge in [0.05, 0.1) is 30.9 Å². The van der Waals surface area contributed by atoms with Crippen LogP contribution in [0, 0.1) is 0 Å². The lowest BCUT2D eigenvalue weighted by Gasteiger charge is -2.37. The van der Waals surface area contributed by atoms with Crippen LogP contribution in [0.25, 0.3) is 10.8 Å². The number of rotatable bonds is 8. The summed E-state index contributed by atoms with van der Waals surface area (Å²) in [5, 5.41) is 4.89. The van der Waals surface area contributed by atoms with Crippen LogP contribution in [0.4, 0.5) is 11.5 Å². The Morgan fingerprint density at radius 3 is 2.33 bits per heavy atom. The number of carbonyl (C=O) groups is 1. The third-order valence-electron chi connectivity index (χ3n) is 8.37. The van der Waals surface area contributed by atoms with Gasteiger partial charge in [-0.2, -0.15) is 0 Å². The van der Waals surface area contributed by atoms with E-state index >= 15 is 0 Å².